The SMILES string of the molecule is CC/C(=C(/c1ccc(OCCCC/C=C/C(=O)N(C)C)nc1)c1[nH]c2ccccc2c1Cl)c1ccccc1C#N. The summed E-state index contributed by atoms with van der Waals surface area (Å²) < 4.78 is 5.89. The molecule has 2 heterocycles. The third-order valence-corrected chi connectivity index (χ3v) is 7.05. The number of rotatable bonds is 11. The molecule has 0 atom stereocenters. The summed E-state index contributed by atoms with van der Waals surface area (Å²) >= 11 is 6.95. The average Bonchev–Trinajstić information content (AvgIpc) is 3.31. The number of aromatic amines is 1. The molecule has 4 aromatic rings. The van der Waals surface area contributed by atoms with Gasteiger partial charge in [-0.05, 0) is 61.1 Å². The molecule has 0 saturated heterocycles. The third kappa shape index (κ3) is 6.62. The molecule has 7 heteroatoms. The number of hydrogen-bond donors (Lipinski definition) is 1. The summed E-state index contributed by atoms with van der Waals surface area (Å²) in [5, 5.41) is 11.4. The van der Waals surface area contributed by atoms with Crippen LogP contribution in [-0.2, 0) is 4.79 Å². The number of unbranched alkanes of at least 4 members (excludes halogenated alkanes) is 2. The predicted molar refractivity (Wildman–Crippen MR) is 162 cm³/mol. The van der Waals surface area contributed by atoms with Gasteiger partial charge in [0.15, 0.2) is 0 Å². The van der Waals surface area contributed by atoms with Crippen LogP contribution in [0.2, 0.25) is 5.02 Å². The number of nitrogens with zero attached hydrogens (tertiary/aromatic N) is 3. The second-order valence-corrected chi connectivity index (χ2v) is 9.97. The maximum absolute atomic E-state index is 11.6. The number of ether oxygens (including phenoxy) is 1. The normalized spacial score (nSPS) is 11.9. The lowest BCUT2D eigenvalue weighted by molar-refractivity contribution is -0.123. The first-order chi connectivity index (χ1) is 19.4. The molecule has 1 N–H and O–H groups in total. The topological polar surface area (TPSA) is 82.0 Å². The van der Waals surface area contributed by atoms with Gasteiger partial charge >= 0.3 is 0 Å². The molecule has 2 aromatic carbocycles. The van der Waals surface area contributed by atoms with E-state index in [0.717, 1.165) is 58.1 Å². The molecule has 2 aromatic heterocycles. The van der Waals surface area contributed by atoms with Gasteiger partial charge in [-0.25, -0.2) is 4.98 Å². The monoisotopic (exact) mass is 552 g/mol. The number of para-hydroxylation sites is 1. The molecule has 0 aliphatic carbocycles. The number of halogens is 1. The van der Waals surface area contributed by atoms with Crippen LogP contribution in [0.5, 0.6) is 5.88 Å². The fourth-order valence-electron chi connectivity index (χ4n) is 4.58. The second-order valence-electron chi connectivity index (χ2n) is 9.59. The molecular weight excluding hydrogens is 520 g/mol. The van der Waals surface area contributed by atoms with E-state index >= 15 is 0 Å². The number of allylic oxidation sites excluding steroid dienone is 2. The smallest absolute Gasteiger partial charge is 0.245 e. The number of nitrogens with one attached hydrogen (secondary N) is 1. The van der Waals surface area contributed by atoms with E-state index in [1.54, 1.807) is 31.3 Å². The molecular formula is C33H33ClN4O2. The van der Waals surface area contributed by atoms with Crippen molar-refractivity contribution in [2.75, 3.05) is 20.7 Å². The highest BCUT2D eigenvalue weighted by molar-refractivity contribution is 6.38. The number of nitriles is 1. The Hall–Kier alpha value is -4.34. The second kappa shape index (κ2) is 13.6. The van der Waals surface area contributed by atoms with Crippen molar-refractivity contribution in [3.8, 4) is 11.9 Å². The quantitative estimate of drug-likeness (QED) is 0.153. The summed E-state index contributed by atoms with van der Waals surface area (Å²) in [4.78, 5) is 21.3. The first kappa shape index (κ1) is 28.7. The number of pyridine rings is 1. The largest absolute Gasteiger partial charge is 0.478 e. The molecule has 40 heavy (non-hydrogen) atoms. The minimum atomic E-state index is -0.00923. The van der Waals surface area contributed by atoms with E-state index in [-0.39, 0.29) is 5.91 Å². The minimum Gasteiger partial charge on any atom is -0.478 e. The first-order valence-electron chi connectivity index (χ1n) is 13.4. The number of carbonyl (C=O) groups excluding carboxylic acids is 1. The fraction of sp³-hybridized carbons (Fsp3) is 0.242. The van der Waals surface area contributed by atoms with E-state index < -0.39 is 0 Å². The van der Waals surface area contributed by atoms with Crippen LogP contribution in [0.1, 0.15) is 55.0 Å². The number of amides is 1. The minimum absolute atomic E-state index is 0.00923. The maximum atomic E-state index is 11.6. The molecule has 0 spiro atoms. The number of aromatic nitrogens is 2. The number of hydrogen-bond acceptors (Lipinski definition) is 4. The van der Waals surface area contributed by atoms with E-state index in [1.807, 2.05) is 66.7 Å². The maximum Gasteiger partial charge on any atom is 0.245 e. The van der Waals surface area contributed by atoms with Crippen LogP contribution in [0.3, 0.4) is 0 Å². The molecule has 204 valence electrons. The lowest BCUT2D eigenvalue weighted by Crippen LogP contribution is -2.18. The van der Waals surface area contributed by atoms with Crippen molar-refractivity contribution in [3.63, 3.8) is 0 Å². The Labute approximate surface area is 240 Å². The van der Waals surface area contributed by atoms with Crippen molar-refractivity contribution >= 4 is 39.6 Å². The Morgan fingerprint density at radius 3 is 2.58 bits per heavy atom. The lowest BCUT2D eigenvalue weighted by atomic mass is 9.89. The summed E-state index contributed by atoms with van der Waals surface area (Å²) in [6.45, 7) is 2.62. The van der Waals surface area contributed by atoms with Gasteiger partial charge in [-0.15, -0.1) is 0 Å². The van der Waals surface area contributed by atoms with E-state index in [4.69, 9.17) is 16.3 Å². The van der Waals surface area contributed by atoms with Crippen molar-refractivity contribution in [1.29, 1.82) is 5.26 Å². The van der Waals surface area contributed by atoms with Crippen molar-refractivity contribution in [1.82, 2.24) is 14.9 Å². The van der Waals surface area contributed by atoms with Gasteiger partial charge in [0.05, 0.1) is 29.0 Å². The highest BCUT2D eigenvalue weighted by Gasteiger charge is 2.21. The summed E-state index contributed by atoms with van der Waals surface area (Å²) in [6, 6.07) is 21.8. The molecule has 0 unspecified atom stereocenters. The van der Waals surface area contributed by atoms with Gasteiger partial charge in [0, 0.05) is 48.4 Å². The molecule has 0 bridgehead atoms. The van der Waals surface area contributed by atoms with Gasteiger partial charge in [-0.3, -0.25) is 4.79 Å². The molecule has 0 aliphatic rings. The van der Waals surface area contributed by atoms with Crippen LogP contribution in [-0.4, -0.2) is 41.5 Å². The van der Waals surface area contributed by atoms with Gasteiger partial charge in [-0.2, -0.15) is 5.26 Å². The van der Waals surface area contributed by atoms with Crippen LogP contribution >= 0.6 is 11.6 Å². The predicted octanol–water partition coefficient (Wildman–Crippen LogP) is 7.65. The van der Waals surface area contributed by atoms with Crippen LogP contribution in [0, 0.1) is 11.3 Å². The third-order valence-electron chi connectivity index (χ3n) is 6.66. The zero-order valence-corrected chi connectivity index (χ0v) is 23.8. The van der Waals surface area contributed by atoms with E-state index in [0.29, 0.717) is 29.5 Å². The molecule has 4 rings (SSSR count). The zero-order chi connectivity index (χ0) is 28.5. The highest BCUT2D eigenvalue weighted by Crippen LogP contribution is 2.40. The first-order valence-corrected chi connectivity index (χ1v) is 13.8. The Bertz CT molecular complexity index is 1580. The summed E-state index contributed by atoms with van der Waals surface area (Å²) in [7, 11) is 3.47. The number of likely N-dealkylation sites (N-methyl/N-ethyl adjacent to an activating group) is 1. The van der Waals surface area contributed by atoms with Gasteiger partial charge in [0.2, 0.25) is 11.8 Å². The van der Waals surface area contributed by atoms with Crippen molar-refractivity contribution < 1.29 is 9.53 Å². The standard InChI is InChI=1S/C33H33ClN4O2/c1-4-25(26-14-9-8-13-23(26)21-35)31(33-32(34)27-15-10-11-16-28(27)37-33)24-18-19-29(36-22-24)40-20-12-6-5-7-17-30(39)38(2)3/h7-11,13-19,22,37H,4-6,12,20H2,1-3H3/b17-7+,31-25+. The number of H-pyrrole nitrogens is 1. The average molecular weight is 553 g/mol. The molecule has 6 nitrogen and oxygen atoms in total. The molecule has 0 aliphatic heterocycles. The van der Waals surface area contributed by atoms with Gasteiger partial charge in [0.25, 0.3) is 0 Å². The molecule has 1 amide bonds. The van der Waals surface area contributed by atoms with Crippen molar-refractivity contribution in [2.45, 2.75) is 32.6 Å². The Balaban J connectivity index is 1.60. The van der Waals surface area contributed by atoms with Crippen LogP contribution < -0.4 is 4.74 Å². The molecule has 0 fully saturated rings. The van der Waals surface area contributed by atoms with Crippen LogP contribution in [0.25, 0.3) is 22.0 Å². The number of benzene rings is 2. The lowest BCUT2D eigenvalue weighted by Gasteiger charge is -2.16. The Morgan fingerprint density at radius 2 is 1.88 bits per heavy atom. The van der Waals surface area contributed by atoms with Crippen LogP contribution in [0.15, 0.2) is 79.0 Å². The van der Waals surface area contributed by atoms with Crippen molar-refractivity contribution in [2.24, 2.45) is 0 Å². The number of carbonyl (C=O) groups is 1. The van der Waals surface area contributed by atoms with E-state index in [2.05, 4.69) is 23.0 Å². The van der Waals surface area contributed by atoms with E-state index in [1.165, 1.54) is 0 Å². The van der Waals surface area contributed by atoms with Gasteiger partial charge in [0.1, 0.15) is 0 Å². The van der Waals surface area contributed by atoms with Gasteiger partial charge in [-0.1, -0.05) is 61.0 Å². The van der Waals surface area contributed by atoms with Gasteiger partial charge < -0.3 is 14.6 Å². The Morgan fingerprint density at radius 1 is 1.10 bits per heavy atom. The summed E-state index contributed by atoms with van der Waals surface area (Å²) in [5.41, 5.74) is 6.01. The fourth-order valence-corrected chi connectivity index (χ4v) is 4.89. The highest BCUT2D eigenvalue weighted by atomic mass is 35.5. The number of fused-ring (bicyclic) bond motifs is 1. The zero-order valence-electron chi connectivity index (χ0n) is 23.1. The molecule has 0 saturated carbocycles. The Kier molecular flexibility index (Phi) is 9.77. The summed E-state index contributed by atoms with van der Waals surface area (Å²) in [5.74, 6) is 0.532. The van der Waals surface area contributed by atoms with Crippen LogP contribution in [0.4, 0.5) is 0 Å². The van der Waals surface area contributed by atoms with Crippen molar-refractivity contribution in [3.05, 3.63) is 106 Å². The molecule has 0 radical (unpaired) electrons. The summed E-state index contributed by atoms with van der Waals surface area (Å²) in [6.07, 6.45) is 8.57. The van der Waals surface area contributed by atoms with E-state index in [9.17, 15) is 10.1 Å².